The average Bonchev–Trinajstić information content (AvgIpc) is 3.37. The lowest BCUT2D eigenvalue weighted by Gasteiger charge is -2.46. The van der Waals surface area contributed by atoms with E-state index in [4.69, 9.17) is 27.6 Å². The highest BCUT2D eigenvalue weighted by molar-refractivity contribution is 6.31. The summed E-state index contributed by atoms with van der Waals surface area (Å²) in [5, 5.41) is 8.14. The number of nitrogens with one attached hydrogen (secondary N) is 2. The van der Waals surface area contributed by atoms with Gasteiger partial charge in [-0.3, -0.25) is 9.59 Å². The van der Waals surface area contributed by atoms with E-state index >= 15 is 0 Å². The monoisotopic (exact) mass is 476 g/mol. The molecule has 2 aliphatic heterocycles. The van der Waals surface area contributed by atoms with Crippen molar-refractivity contribution in [1.29, 1.82) is 0 Å². The molecule has 2 amide bonds. The average molecular weight is 477 g/mol. The lowest BCUT2D eigenvalue weighted by Crippen LogP contribution is -2.56. The van der Waals surface area contributed by atoms with E-state index in [1.165, 1.54) is 0 Å². The molecule has 0 saturated carbocycles. The molecule has 3 aromatic carbocycles. The minimum absolute atomic E-state index is 0.127. The van der Waals surface area contributed by atoms with Gasteiger partial charge < -0.3 is 15.1 Å². The van der Waals surface area contributed by atoms with Gasteiger partial charge in [-0.05, 0) is 59.2 Å². The lowest BCUT2D eigenvalue weighted by molar-refractivity contribution is -0.131. The molecule has 2 aliphatic rings. The highest BCUT2D eigenvalue weighted by Gasteiger charge is 2.61. The van der Waals surface area contributed by atoms with Gasteiger partial charge in [-0.1, -0.05) is 47.5 Å². The van der Waals surface area contributed by atoms with Gasteiger partial charge in [0.1, 0.15) is 11.0 Å². The Morgan fingerprint density at radius 3 is 2.61 bits per heavy atom. The first-order chi connectivity index (χ1) is 16.0. The minimum Gasteiger partial charge on any atom is -0.464 e. The molecule has 6 rings (SSSR count). The zero-order chi connectivity index (χ0) is 22.7. The number of anilines is 1. The molecule has 3 heterocycles. The molecular weight excluding hydrogens is 459 g/mol. The Morgan fingerprint density at radius 2 is 1.76 bits per heavy atom. The summed E-state index contributed by atoms with van der Waals surface area (Å²) in [6.45, 7) is 0. The van der Waals surface area contributed by atoms with Crippen LogP contribution in [0.4, 0.5) is 5.69 Å². The number of carbonyl (C=O) groups is 2. The van der Waals surface area contributed by atoms with Crippen LogP contribution in [0.5, 0.6) is 0 Å². The molecule has 0 bridgehead atoms. The van der Waals surface area contributed by atoms with Crippen molar-refractivity contribution in [2.24, 2.45) is 0 Å². The third-order valence-electron chi connectivity index (χ3n) is 6.81. The van der Waals surface area contributed by atoms with Gasteiger partial charge in [0.25, 0.3) is 0 Å². The van der Waals surface area contributed by atoms with E-state index in [1.807, 2.05) is 48.5 Å². The topological polar surface area (TPSA) is 71.3 Å². The number of fused-ring (bicyclic) bond motifs is 3. The van der Waals surface area contributed by atoms with Crippen molar-refractivity contribution >= 4 is 51.7 Å². The summed E-state index contributed by atoms with van der Waals surface area (Å²) in [6.07, 6.45) is 1.78. The van der Waals surface area contributed by atoms with Gasteiger partial charge in [0, 0.05) is 33.5 Å². The van der Waals surface area contributed by atoms with Gasteiger partial charge in [-0.15, -0.1) is 0 Å². The molecule has 2 N–H and O–H groups in total. The first-order valence-electron chi connectivity index (χ1n) is 10.6. The van der Waals surface area contributed by atoms with E-state index in [0.29, 0.717) is 15.7 Å². The molecule has 0 unspecified atom stereocenters. The molecule has 1 spiro atoms. The maximum absolute atomic E-state index is 13.9. The number of amides is 2. The van der Waals surface area contributed by atoms with Gasteiger partial charge in [0.15, 0.2) is 0 Å². The largest absolute Gasteiger partial charge is 0.464 e. The van der Waals surface area contributed by atoms with Crippen LogP contribution in [0.1, 0.15) is 35.1 Å². The number of hydrogen-bond donors (Lipinski definition) is 2. The standard InChI is InChI=1S/C26H18Cl2N2O3/c27-17-3-1-2-14(11-17)20-13-23(31)30-24(16-4-7-22-15(10-16)8-9-33-22)26(20)19-6-5-18(28)12-21(19)29-25(26)32/h1-12,20,24H,13H2,(H,29,32)(H,30,31)/t20-,24+,26-/m0/s1. The second kappa shape index (κ2) is 7.37. The summed E-state index contributed by atoms with van der Waals surface area (Å²) in [7, 11) is 0. The SMILES string of the molecule is O=C1C[C@@H](c2cccc(Cl)c2)[C@]2(C(=O)Nc3cc(Cl)ccc32)[C@@H](c2ccc3occc3c2)N1. The number of rotatable bonds is 2. The van der Waals surface area contributed by atoms with Crippen LogP contribution in [0.15, 0.2) is 77.4 Å². The van der Waals surface area contributed by atoms with Gasteiger partial charge in [0.05, 0.1) is 12.3 Å². The lowest BCUT2D eigenvalue weighted by atomic mass is 9.59. The number of benzene rings is 3. The van der Waals surface area contributed by atoms with Crippen LogP contribution < -0.4 is 10.6 Å². The molecule has 7 heteroatoms. The Hall–Kier alpha value is -3.28. The van der Waals surface area contributed by atoms with Crippen LogP contribution in [-0.2, 0) is 15.0 Å². The fraction of sp³-hybridized carbons (Fsp3) is 0.154. The summed E-state index contributed by atoms with van der Waals surface area (Å²) in [4.78, 5) is 27.0. The normalized spacial score (nSPS) is 24.1. The van der Waals surface area contributed by atoms with Crippen molar-refractivity contribution in [2.75, 3.05) is 5.32 Å². The van der Waals surface area contributed by atoms with E-state index in [1.54, 1.807) is 24.5 Å². The maximum atomic E-state index is 13.9. The van der Waals surface area contributed by atoms with Crippen LogP contribution in [0.2, 0.25) is 10.0 Å². The van der Waals surface area contributed by atoms with Gasteiger partial charge >= 0.3 is 0 Å². The van der Waals surface area contributed by atoms with Gasteiger partial charge in [-0.25, -0.2) is 0 Å². The van der Waals surface area contributed by atoms with Crippen molar-refractivity contribution < 1.29 is 14.0 Å². The van der Waals surface area contributed by atoms with E-state index in [0.717, 1.165) is 27.7 Å². The van der Waals surface area contributed by atoms with Crippen LogP contribution in [-0.4, -0.2) is 11.8 Å². The zero-order valence-electron chi connectivity index (χ0n) is 17.3. The van der Waals surface area contributed by atoms with Crippen molar-refractivity contribution in [2.45, 2.75) is 23.8 Å². The molecule has 164 valence electrons. The fourth-order valence-corrected chi connectivity index (χ4v) is 5.83. The molecule has 33 heavy (non-hydrogen) atoms. The minimum atomic E-state index is -1.09. The molecule has 0 radical (unpaired) electrons. The van der Waals surface area contributed by atoms with E-state index in [-0.39, 0.29) is 18.2 Å². The fourth-order valence-electron chi connectivity index (χ4n) is 5.46. The summed E-state index contributed by atoms with van der Waals surface area (Å²) in [6, 6.07) is 19.8. The van der Waals surface area contributed by atoms with Crippen molar-refractivity contribution in [3.63, 3.8) is 0 Å². The summed E-state index contributed by atoms with van der Waals surface area (Å²) >= 11 is 12.6. The summed E-state index contributed by atoms with van der Waals surface area (Å²) in [5.74, 6) is -0.738. The van der Waals surface area contributed by atoms with Crippen molar-refractivity contribution in [3.05, 3.63) is 99.7 Å². The van der Waals surface area contributed by atoms with Crippen molar-refractivity contribution in [3.8, 4) is 0 Å². The molecule has 4 aromatic rings. The maximum Gasteiger partial charge on any atom is 0.238 e. The van der Waals surface area contributed by atoms with Gasteiger partial charge in [-0.2, -0.15) is 0 Å². The Morgan fingerprint density at radius 1 is 0.909 bits per heavy atom. The molecule has 1 aromatic heterocycles. The zero-order valence-corrected chi connectivity index (χ0v) is 18.8. The van der Waals surface area contributed by atoms with E-state index < -0.39 is 17.4 Å². The van der Waals surface area contributed by atoms with Crippen LogP contribution in [0.3, 0.4) is 0 Å². The Balaban J connectivity index is 1.64. The quantitative estimate of drug-likeness (QED) is 0.374. The summed E-state index contributed by atoms with van der Waals surface area (Å²) < 4.78 is 5.50. The first-order valence-corrected chi connectivity index (χ1v) is 11.4. The van der Waals surface area contributed by atoms with Crippen LogP contribution >= 0.6 is 23.2 Å². The Labute approximate surface area is 199 Å². The third kappa shape index (κ3) is 3.00. The number of piperidine rings is 1. The molecule has 5 nitrogen and oxygen atoms in total. The predicted molar refractivity (Wildman–Crippen MR) is 128 cm³/mol. The number of furan rings is 1. The highest BCUT2D eigenvalue weighted by Crippen LogP contribution is 2.57. The molecule has 1 saturated heterocycles. The smallest absolute Gasteiger partial charge is 0.238 e. The van der Waals surface area contributed by atoms with Crippen molar-refractivity contribution in [1.82, 2.24) is 5.32 Å². The van der Waals surface area contributed by atoms with Crippen LogP contribution in [0, 0.1) is 0 Å². The molecule has 1 fully saturated rings. The second-order valence-electron chi connectivity index (χ2n) is 8.54. The Bertz CT molecular complexity index is 1450. The number of carbonyl (C=O) groups excluding carboxylic acids is 2. The first kappa shape index (κ1) is 20.3. The molecular formula is C26H18Cl2N2O3. The van der Waals surface area contributed by atoms with E-state index in [2.05, 4.69) is 10.6 Å². The number of halogens is 2. The van der Waals surface area contributed by atoms with E-state index in [9.17, 15) is 9.59 Å². The summed E-state index contributed by atoms with van der Waals surface area (Å²) in [5.41, 5.74) is 2.77. The highest BCUT2D eigenvalue weighted by atomic mass is 35.5. The molecule has 0 aliphatic carbocycles. The number of hydrogen-bond acceptors (Lipinski definition) is 3. The molecule has 3 atom stereocenters. The third-order valence-corrected chi connectivity index (χ3v) is 7.28. The Kier molecular flexibility index (Phi) is 4.54. The van der Waals surface area contributed by atoms with Gasteiger partial charge in [0.2, 0.25) is 11.8 Å². The second-order valence-corrected chi connectivity index (χ2v) is 9.42. The van der Waals surface area contributed by atoms with Crippen LogP contribution in [0.25, 0.3) is 11.0 Å². The predicted octanol–water partition coefficient (Wildman–Crippen LogP) is 5.97.